The van der Waals surface area contributed by atoms with Crippen molar-refractivity contribution >= 4 is 21.2 Å². The van der Waals surface area contributed by atoms with Gasteiger partial charge in [0.15, 0.2) is 0 Å². The molecule has 0 saturated heterocycles. The van der Waals surface area contributed by atoms with Crippen molar-refractivity contribution in [2.75, 3.05) is 6.26 Å². The molecule has 74 valence electrons. The van der Waals surface area contributed by atoms with Crippen molar-refractivity contribution in [3.63, 3.8) is 0 Å². The van der Waals surface area contributed by atoms with Gasteiger partial charge in [0.05, 0.1) is 0 Å². The van der Waals surface area contributed by atoms with E-state index in [1.165, 1.54) is 11.3 Å². The largest absolute Gasteiger partial charge is 0.232 e. The quantitative estimate of drug-likeness (QED) is 0.767. The molecule has 1 aromatic heterocycles. The van der Waals surface area contributed by atoms with Crippen LogP contribution in [0.15, 0.2) is 4.34 Å². The van der Waals surface area contributed by atoms with Gasteiger partial charge in [-0.1, -0.05) is 24.7 Å². The summed E-state index contributed by atoms with van der Waals surface area (Å²) >= 11 is 1.17. The molecule has 0 aromatic carbocycles. The Kier molecular flexibility index (Phi) is 3.38. The van der Waals surface area contributed by atoms with E-state index in [0.717, 1.165) is 30.5 Å². The van der Waals surface area contributed by atoms with Crippen molar-refractivity contribution in [1.29, 1.82) is 0 Å². The van der Waals surface area contributed by atoms with Crippen LogP contribution in [-0.4, -0.2) is 24.9 Å². The normalized spacial score (nSPS) is 11.8. The second-order valence-electron chi connectivity index (χ2n) is 2.84. The Bertz CT molecular complexity index is 370. The summed E-state index contributed by atoms with van der Waals surface area (Å²) in [6, 6.07) is 0. The predicted molar refractivity (Wildman–Crippen MR) is 51.6 cm³/mol. The molecular weight excluding hydrogens is 208 g/mol. The number of hydrogen-bond acceptors (Lipinski definition) is 5. The molecule has 0 radical (unpaired) electrons. The van der Waals surface area contributed by atoms with Gasteiger partial charge in [-0.3, -0.25) is 0 Å². The molecule has 6 heteroatoms. The molecule has 0 unspecified atom stereocenters. The van der Waals surface area contributed by atoms with Crippen LogP contribution >= 0.6 is 11.3 Å². The average molecular weight is 220 g/mol. The molecule has 0 spiro atoms. The highest BCUT2D eigenvalue weighted by Gasteiger charge is 2.13. The molecule has 0 N–H and O–H groups in total. The van der Waals surface area contributed by atoms with Crippen LogP contribution in [0.25, 0.3) is 0 Å². The van der Waals surface area contributed by atoms with Gasteiger partial charge in [0.1, 0.15) is 5.01 Å². The molecule has 0 amide bonds. The third-order valence-electron chi connectivity index (χ3n) is 1.51. The van der Waals surface area contributed by atoms with Crippen LogP contribution in [-0.2, 0) is 16.3 Å². The lowest BCUT2D eigenvalue weighted by Gasteiger charge is -1.89. The van der Waals surface area contributed by atoms with Crippen molar-refractivity contribution in [3.8, 4) is 0 Å². The van der Waals surface area contributed by atoms with E-state index in [-0.39, 0.29) is 4.34 Å². The highest BCUT2D eigenvalue weighted by atomic mass is 32.2. The van der Waals surface area contributed by atoms with Crippen LogP contribution in [0.4, 0.5) is 0 Å². The fourth-order valence-electron chi connectivity index (χ4n) is 0.817. The highest BCUT2D eigenvalue weighted by molar-refractivity contribution is 7.92. The van der Waals surface area contributed by atoms with Crippen LogP contribution in [0.2, 0.25) is 0 Å². The maximum absolute atomic E-state index is 11.0. The van der Waals surface area contributed by atoms with Crippen molar-refractivity contribution in [1.82, 2.24) is 10.2 Å². The molecule has 0 aliphatic rings. The van der Waals surface area contributed by atoms with Gasteiger partial charge in [-0.25, -0.2) is 8.42 Å². The summed E-state index contributed by atoms with van der Waals surface area (Å²) in [5.74, 6) is 0. The fourth-order valence-corrected chi connectivity index (χ4v) is 2.51. The smallest absolute Gasteiger partial charge is 0.221 e. The monoisotopic (exact) mass is 220 g/mol. The van der Waals surface area contributed by atoms with E-state index in [1.54, 1.807) is 0 Å². The maximum Gasteiger partial charge on any atom is 0.232 e. The van der Waals surface area contributed by atoms with E-state index in [1.807, 2.05) is 0 Å². The van der Waals surface area contributed by atoms with Gasteiger partial charge in [0.25, 0.3) is 0 Å². The van der Waals surface area contributed by atoms with E-state index in [4.69, 9.17) is 0 Å². The van der Waals surface area contributed by atoms with Gasteiger partial charge in [-0.15, -0.1) is 10.2 Å². The first-order valence-electron chi connectivity index (χ1n) is 4.06. The van der Waals surface area contributed by atoms with Crippen molar-refractivity contribution < 1.29 is 8.42 Å². The number of aromatic nitrogens is 2. The average Bonchev–Trinajstić information content (AvgIpc) is 2.47. The van der Waals surface area contributed by atoms with Crippen LogP contribution in [0.5, 0.6) is 0 Å². The van der Waals surface area contributed by atoms with Gasteiger partial charge in [0.2, 0.25) is 14.2 Å². The topological polar surface area (TPSA) is 59.9 Å². The Balaban J connectivity index is 2.76. The number of rotatable bonds is 4. The van der Waals surface area contributed by atoms with Gasteiger partial charge in [0, 0.05) is 12.7 Å². The molecule has 4 nitrogen and oxygen atoms in total. The second-order valence-corrected chi connectivity index (χ2v) is 6.09. The first-order valence-corrected chi connectivity index (χ1v) is 6.77. The summed E-state index contributed by atoms with van der Waals surface area (Å²) in [6.45, 7) is 2.08. The second kappa shape index (κ2) is 4.15. The molecule has 0 bridgehead atoms. The zero-order chi connectivity index (χ0) is 9.90. The molecule has 1 rings (SSSR count). The number of hydrogen-bond donors (Lipinski definition) is 0. The molecular formula is C7H12N2O2S2. The maximum atomic E-state index is 11.0. The molecule has 0 atom stereocenters. The molecule has 0 aliphatic heterocycles. The van der Waals surface area contributed by atoms with E-state index in [0.29, 0.717) is 0 Å². The number of sulfone groups is 1. The Morgan fingerprint density at radius 1 is 1.38 bits per heavy atom. The third-order valence-corrected chi connectivity index (χ3v) is 4.16. The lowest BCUT2D eigenvalue weighted by molar-refractivity contribution is 0.600. The summed E-state index contributed by atoms with van der Waals surface area (Å²) in [5.41, 5.74) is 0. The van der Waals surface area contributed by atoms with Crippen LogP contribution in [0.1, 0.15) is 24.8 Å². The molecule has 0 aliphatic carbocycles. The minimum atomic E-state index is -3.16. The highest BCUT2D eigenvalue weighted by Crippen LogP contribution is 2.16. The Labute approximate surface area is 81.9 Å². The summed E-state index contributed by atoms with van der Waals surface area (Å²) < 4.78 is 22.2. The minimum Gasteiger partial charge on any atom is -0.221 e. The van der Waals surface area contributed by atoms with Crippen molar-refractivity contribution in [2.45, 2.75) is 30.5 Å². The molecule has 0 saturated carbocycles. The SMILES string of the molecule is CCCCc1nnc(S(C)(=O)=O)s1. The molecule has 0 fully saturated rings. The zero-order valence-corrected chi connectivity index (χ0v) is 9.28. The van der Waals surface area contributed by atoms with Crippen molar-refractivity contribution in [3.05, 3.63) is 5.01 Å². The van der Waals surface area contributed by atoms with Crippen molar-refractivity contribution in [2.24, 2.45) is 0 Å². The lowest BCUT2D eigenvalue weighted by atomic mass is 10.3. The van der Waals surface area contributed by atoms with Crippen LogP contribution in [0, 0.1) is 0 Å². The summed E-state index contributed by atoms with van der Waals surface area (Å²) in [5, 5.41) is 8.24. The number of unbranched alkanes of at least 4 members (excludes halogenated alkanes) is 1. The lowest BCUT2D eigenvalue weighted by Crippen LogP contribution is -1.95. The summed E-state index contributed by atoms with van der Waals surface area (Å²) in [4.78, 5) is 0. The van der Waals surface area contributed by atoms with Gasteiger partial charge in [-0.05, 0) is 6.42 Å². The zero-order valence-electron chi connectivity index (χ0n) is 7.65. The minimum absolute atomic E-state index is 0.124. The summed E-state index contributed by atoms with van der Waals surface area (Å²) in [7, 11) is -3.16. The third kappa shape index (κ3) is 3.04. The fraction of sp³-hybridized carbons (Fsp3) is 0.714. The Morgan fingerprint density at radius 2 is 2.08 bits per heavy atom. The van der Waals surface area contributed by atoms with E-state index in [2.05, 4.69) is 17.1 Å². The van der Waals surface area contributed by atoms with Gasteiger partial charge < -0.3 is 0 Å². The Hall–Kier alpha value is -0.490. The van der Waals surface area contributed by atoms with Crippen LogP contribution < -0.4 is 0 Å². The molecule has 1 aromatic rings. The van der Waals surface area contributed by atoms with Crippen LogP contribution in [0.3, 0.4) is 0 Å². The predicted octanol–water partition coefficient (Wildman–Crippen LogP) is 1.28. The first-order chi connectivity index (χ1) is 6.04. The van der Waals surface area contributed by atoms with Gasteiger partial charge in [-0.2, -0.15) is 0 Å². The van der Waals surface area contributed by atoms with Gasteiger partial charge >= 0.3 is 0 Å². The van der Waals surface area contributed by atoms with E-state index < -0.39 is 9.84 Å². The standard InChI is InChI=1S/C7H12N2O2S2/c1-3-4-5-6-8-9-7(12-6)13(2,10)11/h3-5H2,1-2H3. The van der Waals surface area contributed by atoms with E-state index in [9.17, 15) is 8.42 Å². The van der Waals surface area contributed by atoms with E-state index >= 15 is 0 Å². The molecule has 13 heavy (non-hydrogen) atoms. The molecule has 1 heterocycles. The Morgan fingerprint density at radius 3 is 2.54 bits per heavy atom. The summed E-state index contributed by atoms with van der Waals surface area (Å²) in [6.07, 6.45) is 4.08. The number of aryl methyl sites for hydroxylation is 1. The number of nitrogens with zero attached hydrogens (tertiary/aromatic N) is 2. The first kappa shape index (κ1) is 10.6.